The van der Waals surface area contributed by atoms with Gasteiger partial charge in [-0.3, -0.25) is 4.79 Å². The first kappa shape index (κ1) is 10.8. The summed E-state index contributed by atoms with van der Waals surface area (Å²) in [5, 5.41) is 18.7. The maximum absolute atomic E-state index is 11.8. The molecule has 2 N–H and O–H groups in total. The molecule has 0 spiro atoms. The van der Waals surface area contributed by atoms with E-state index in [1.54, 1.807) is 6.07 Å². The van der Waals surface area contributed by atoms with Crippen LogP contribution in [0, 0.1) is 0 Å². The van der Waals surface area contributed by atoms with Gasteiger partial charge < -0.3 is 19.8 Å². The summed E-state index contributed by atoms with van der Waals surface area (Å²) in [5.74, 6) is 0.119. The molecule has 1 aliphatic rings. The predicted molar refractivity (Wildman–Crippen MR) is 56.6 cm³/mol. The number of aromatic hydroxyl groups is 1. The molecule has 1 saturated heterocycles. The predicted octanol–water partition coefficient (Wildman–Crippen LogP) is 0.218. The van der Waals surface area contributed by atoms with Crippen LogP contribution >= 0.6 is 0 Å². The van der Waals surface area contributed by atoms with Crippen molar-refractivity contribution in [2.75, 3.05) is 20.2 Å². The molecule has 1 amide bonds. The minimum absolute atomic E-state index is 0.106. The van der Waals surface area contributed by atoms with Crippen LogP contribution in [0.1, 0.15) is 10.4 Å². The number of phenols is 1. The Bertz CT molecular complexity index is 412. The number of hydrogen-bond donors (Lipinski definition) is 2. The van der Waals surface area contributed by atoms with Crippen LogP contribution in [0.4, 0.5) is 0 Å². The number of amides is 1. The molecule has 0 aromatic heterocycles. The standard InChI is InChI=1S/C11H13NO4/c1-16-8-2-3-9(10(14)4-8)11(15)12-5-7(13)6-12/h2-4,7,13-14H,5-6H2,1H3. The highest BCUT2D eigenvalue weighted by Gasteiger charge is 2.30. The van der Waals surface area contributed by atoms with Crippen LogP contribution in [-0.4, -0.2) is 47.3 Å². The number of rotatable bonds is 2. The number of likely N-dealkylation sites (tertiary alicyclic amines) is 1. The van der Waals surface area contributed by atoms with Crippen molar-refractivity contribution in [3.05, 3.63) is 23.8 Å². The third kappa shape index (κ3) is 1.81. The topological polar surface area (TPSA) is 70.0 Å². The Kier molecular flexibility index (Phi) is 2.70. The van der Waals surface area contributed by atoms with E-state index in [-0.39, 0.29) is 17.2 Å². The Morgan fingerprint density at radius 2 is 2.19 bits per heavy atom. The van der Waals surface area contributed by atoms with Crippen LogP contribution in [0.5, 0.6) is 11.5 Å². The van der Waals surface area contributed by atoms with E-state index in [4.69, 9.17) is 9.84 Å². The van der Waals surface area contributed by atoms with E-state index < -0.39 is 6.10 Å². The summed E-state index contributed by atoms with van der Waals surface area (Å²) < 4.78 is 4.92. The van der Waals surface area contributed by atoms with Crippen LogP contribution < -0.4 is 4.74 Å². The van der Waals surface area contributed by atoms with Gasteiger partial charge in [0, 0.05) is 19.2 Å². The summed E-state index contributed by atoms with van der Waals surface area (Å²) in [4.78, 5) is 13.3. The number of aliphatic hydroxyl groups excluding tert-OH is 1. The Hall–Kier alpha value is -1.75. The average Bonchev–Trinajstić information content (AvgIpc) is 2.23. The van der Waals surface area contributed by atoms with E-state index in [0.717, 1.165) is 0 Å². The zero-order valence-electron chi connectivity index (χ0n) is 8.88. The molecule has 1 aliphatic heterocycles. The summed E-state index contributed by atoms with van der Waals surface area (Å²) in [7, 11) is 1.49. The van der Waals surface area contributed by atoms with Crippen LogP contribution in [0.15, 0.2) is 18.2 Å². The van der Waals surface area contributed by atoms with E-state index in [9.17, 15) is 9.90 Å². The lowest BCUT2D eigenvalue weighted by Gasteiger charge is -2.35. The van der Waals surface area contributed by atoms with Crippen molar-refractivity contribution in [1.82, 2.24) is 4.90 Å². The molecular weight excluding hydrogens is 210 g/mol. The van der Waals surface area contributed by atoms with Crippen LogP contribution in [-0.2, 0) is 0 Å². The summed E-state index contributed by atoms with van der Waals surface area (Å²) >= 11 is 0. The fourth-order valence-electron chi connectivity index (χ4n) is 1.61. The number of carbonyl (C=O) groups is 1. The van der Waals surface area contributed by atoms with Gasteiger partial charge >= 0.3 is 0 Å². The Morgan fingerprint density at radius 3 is 2.69 bits per heavy atom. The minimum Gasteiger partial charge on any atom is -0.507 e. The van der Waals surface area contributed by atoms with Crippen molar-refractivity contribution in [1.29, 1.82) is 0 Å². The van der Waals surface area contributed by atoms with E-state index >= 15 is 0 Å². The Balaban J connectivity index is 2.17. The number of ether oxygens (including phenoxy) is 1. The molecule has 86 valence electrons. The van der Waals surface area contributed by atoms with Crippen molar-refractivity contribution in [2.45, 2.75) is 6.10 Å². The molecule has 0 radical (unpaired) electrons. The molecule has 1 aromatic carbocycles. The van der Waals surface area contributed by atoms with Gasteiger partial charge in [0.05, 0.1) is 18.8 Å². The first-order valence-corrected chi connectivity index (χ1v) is 4.96. The molecule has 2 rings (SSSR count). The summed E-state index contributed by atoms with van der Waals surface area (Å²) in [6, 6.07) is 4.52. The number of nitrogens with zero attached hydrogens (tertiary/aromatic N) is 1. The van der Waals surface area contributed by atoms with Crippen molar-refractivity contribution in [3.8, 4) is 11.5 Å². The van der Waals surface area contributed by atoms with Gasteiger partial charge in [0.15, 0.2) is 0 Å². The van der Waals surface area contributed by atoms with Crippen molar-refractivity contribution < 1.29 is 19.7 Å². The van der Waals surface area contributed by atoms with Gasteiger partial charge in [-0.05, 0) is 12.1 Å². The lowest BCUT2D eigenvalue weighted by Crippen LogP contribution is -2.53. The third-order valence-electron chi connectivity index (χ3n) is 2.58. The number of phenolic OH excluding ortho intramolecular Hbond substituents is 1. The normalized spacial score (nSPS) is 15.8. The summed E-state index contributed by atoms with van der Waals surface area (Å²) in [6.45, 7) is 0.647. The number of carbonyl (C=O) groups excluding carboxylic acids is 1. The van der Waals surface area contributed by atoms with Crippen molar-refractivity contribution in [2.24, 2.45) is 0 Å². The monoisotopic (exact) mass is 223 g/mol. The van der Waals surface area contributed by atoms with Gasteiger partial charge in [0.1, 0.15) is 11.5 Å². The third-order valence-corrected chi connectivity index (χ3v) is 2.58. The molecule has 1 aromatic rings. The maximum Gasteiger partial charge on any atom is 0.257 e. The molecule has 0 atom stereocenters. The molecule has 5 nitrogen and oxygen atoms in total. The second-order valence-corrected chi connectivity index (χ2v) is 3.75. The SMILES string of the molecule is COc1ccc(C(=O)N2CC(O)C2)c(O)c1. The largest absolute Gasteiger partial charge is 0.507 e. The molecule has 16 heavy (non-hydrogen) atoms. The zero-order chi connectivity index (χ0) is 11.7. The highest BCUT2D eigenvalue weighted by molar-refractivity contribution is 5.97. The highest BCUT2D eigenvalue weighted by Crippen LogP contribution is 2.25. The van der Waals surface area contributed by atoms with Crippen LogP contribution in [0.3, 0.4) is 0 Å². The smallest absolute Gasteiger partial charge is 0.257 e. The lowest BCUT2D eigenvalue weighted by atomic mass is 10.1. The molecule has 1 fully saturated rings. The molecule has 0 bridgehead atoms. The van der Waals surface area contributed by atoms with Gasteiger partial charge in [-0.25, -0.2) is 0 Å². The van der Waals surface area contributed by atoms with E-state index in [2.05, 4.69) is 0 Å². The number of hydrogen-bond acceptors (Lipinski definition) is 4. The number of aliphatic hydroxyl groups is 1. The molecule has 0 aliphatic carbocycles. The van der Waals surface area contributed by atoms with Crippen molar-refractivity contribution in [3.63, 3.8) is 0 Å². The van der Waals surface area contributed by atoms with Crippen LogP contribution in [0.25, 0.3) is 0 Å². The Morgan fingerprint density at radius 1 is 1.50 bits per heavy atom. The van der Waals surface area contributed by atoms with E-state index in [1.165, 1.54) is 24.1 Å². The van der Waals surface area contributed by atoms with Gasteiger partial charge in [0.25, 0.3) is 5.91 Å². The van der Waals surface area contributed by atoms with Crippen LogP contribution in [0.2, 0.25) is 0 Å². The number of benzene rings is 1. The quantitative estimate of drug-likeness (QED) is 0.752. The average molecular weight is 223 g/mol. The number of methoxy groups -OCH3 is 1. The lowest BCUT2D eigenvalue weighted by molar-refractivity contribution is 0.00570. The minimum atomic E-state index is -0.440. The second kappa shape index (κ2) is 4.02. The molecule has 5 heteroatoms. The maximum atomic E-state index is 11.8. The highest BCUT2D eigenvalue weighted by atomic mass is 16.5. The Labute approximate surface area is 92.9 Å². The van der Waals surface area contributed by atoms with E-state index in [1.807, 2.05) is 0 Å². The van der Waals surface area contributed by atoms with Gasteiger partial charge in [-0.2, -0.15) is 0 Å². The fraction of sp³-hybridized carbons (Fsp3) is 0.364. The summed E-state index contributed by atoms with van der Waals surface area (Å²) in [6.07, 6.45) is -0.440. The first-order chi connectivity index (χ1) is 7.61. The first-order valence-electron chi connectivity index (χ1n) is 4.96. The summed E-state index contributed by atoms with van der Waals surface area (Å²) in [5.41, 5.74) is 0.229. The number of β-amino-alcohol motifs (C(OH)–C–C–N with tert-alkyl or cyclic N) is 1. The van der Waals surface area contributed by atoms with E-state index in [0.29, 0.717) is 18.8 Å². The fourth-order valence-corrected chi connectivity index (χ4v) is 1.61. The second-order valence-electron chi connectivity index (χ2n) is 3.75. The molecule has 0 saturated carbocycles. The molecule has 1 heterocycles. The zero-order valence-corrected chi connectivity index (χ0v) is 8.88. The van der Waals surface area contributed by atoms with Gasteiger partial charge in [-0.1, -0.05) is 0 Å². The van der Waals surface area contributed by atoms with Gasteiger partial charge in [-0.15, -0.1) is 0 Å². The molecule has 0 unspecified atom stereocenters. The molecular formula is C11H13NO4. The van der Waals surface area contributed by atoms with Gasteiger partial charge in [0.2, 0.25) is 0 Å². The van der Waals surface area contributed by atoms with Crippen molar-refractivity contribution >= 4 is 5.91 Å².